The molecule has 1 aliphatic heterocycles. The molecule has 1 heterocycles. The van der Waals surface area contributed by atoms with Crippen molar-refractivity contribution in [2.75, 3.05) is 19.7 Å². The lowest BCUT2D eigenvalue weighted by atomic mass is 9.91. The Balaban J connectivity index is 1.94. The molecule has 4 nitrogen and oxygen atoms in total. The van der Waals surface area contributed by atoms with Gasteiger partial charge in [0.2, 0.25) is 0 Å². The molecule has 2 aromatic carbocycles. The molecule has 156 valence electrons. The highest BCUT2D eigenvalue weighted by atomic mass is 19.4. The molecule has 7 heteroatoms. The summed E-state index contributed by atoms with van der Waals surface area (Å²) in [5.41, 5.74) is 0.956. The van der Waals surface area contributed by atoms with Crippen molar-refractivity contribution in [2.24, 2.45) is 5.92 Å². The minimum atomic E-state index is -4.39. The lowest BCUT2D eigenvalue weighted by molar-refractivity contribution is -0.143. The number of nitrogens with zero attached hydrogens (tertiary/aromatic N) is 1. The quantitative estimate of drug-likeness (QED) is 0.733. The summed E-state index contributed by atoms with van der Waals surface area (Å²) in [4.78, 5) is 13.4. The van der Waals surface area contributed by atoms with E-state index in [0.29, 0.717) is 38.3 Å². The van der Waals surface area contributed by atoms with Crippen LogP contribution in [0.1, 0.15) is 42.5 Å². The Morgan fingerprint density at radius 1 is 1.14 bits per heavy atom. The second-order valence-electron chi connectivity index (χ2n) is 7.18. The predicted octanol–water partition coefficient (Wildman–Crippen LogP) is 4.99. The van der Waals surface area contributed by atoms with Gasteiger partial charge in [0.1, 0.15) is 5.75 Å². The highest BCUT2D eigenvalue weighted by Crippen LogP contribution is 2.36. The molecule has 0 radical (unpaired) electrons. The number of carboxylic acids is 1. The summed E-state index contributed by atoms with van der Waals surface area (Å²) in [5.74, 6) is -0.481. The van der Waals surface area contributed by atoms with Crippen LogP contribution in [0, 0.1) is 5.92 Å². The first-order valence-electron chi connectivity index (χ1n) is 9.66. The Morgan fingerprint density at radius 3 is 2.34 bits per heavy atom. The Hall–Kier alpha value is -2.54. The molecule has 1 aliphatic rings. The van der Waals surface area contributed by atoms with Gasteiger partial charge in [-0.25, -0.2) is 0 Å². The van der Waals surface area contributed by atoms with Crippen molar-refractivity contribution in [2.45, 2.75) is 32.0 Å². The van der Waals surface area contributed by atoms with E-state index in [1.165, 1.54) is 12.1 Å². The maximum Gasteiger partial charge on any atom is 0.416 e. The number of carbonyl (C=O) groups is 1. The van der Waals surface area contributed by atoms with Gasteiger partial charge in [-0.3, -0.25) is 9.69 Å². The molecule has 0 spiro atoms. The van der Waals surface area contributed by atoms with E-state index in [4.69, 9.17) is 4.74 Å². The van der Waals surface area contributed by atoms with E-state index in [0.717, 1.165) is 23.3 Å². The van der Waals surface area contributed by atoms with Crippen molar-refractivity contribution in [3.8, 4) is 5.75 Å². The van der Waals surface area contributed by atoms with E-state index < -0.39 is 17.7 Å². The third-order valence-corrected chi connectivity index (χ3v) is 5.28. The summed E-state index contributed by atoms with van der Waals surface area (Å²) >= 11 is 0. The summed E-state index contributed by atoms with van der Waals surface area (Å²) in [6.45, 7) is 3.51. The third kappa shape index (κ3) is 5.09. The molecular formula is C22H24F3NO3. The van der Waals surface area contributed by atoms with E-state index in [9.17, 15) is 23.1 Å². The van der Waals surface area contributed by atoms with Gasteiger partial charge in [0.15, 0.2) is 0 Å². The van der Waals surface area contributed by atoms with Gasteiger partial charge in [0.25, 0.3) is 0 Å². The van der Waals surface area contributed by atoms with Gasteiger partial charge in [-0.2, -0.15) is 13.2 Å². The largest absolute Gasteiger partial charge is 0.494 e. The molecule has 1 atom stereocenters. The number of likely N-dealkylation sites (tertiary alicyclic amines) is 1. The van der Waals surface area contributed by atoms with E-state index in [2.05, 4.69) is 4.90 Å². The SMILES string of the molecule is CCOc1cccc(C(c2ccc(C(F)(F)F)cc2)N2CCC(C(=O)O)CC2)c1. The number of aliphatic carboxylic acids is 1. The molecule has 2 aromatic rings. The molecule has 0 aromatic heterocycles. The number of halogens is 3. The summed E-state index contributed by atoms with van der Waals surface area (Å²) in [6.07, 6.45) is -3.36. The molecule has 1 unspecified atom stereocenters. The van der Waals surface area contributed by atoms with E-state index in [1.54, 1.807) is 0 Å². The maximum absolute atomic E-state index is 13.0. The van der Waals surface area contributed by atoms with Crippen LogP contribution in [0.2, 0.25) is 0 Å². The topological polar surface area (TPSA) is 49.8 Å². The first kappa shape index (κ1) is 21.2. The van der Waals surface area contributed by atoms with E-state index in [-0.39, 0.29) is 12.0 Å². The van der Waals surface area contributed by atoms with Crippen molar-refractivity contribution in [3.05, 3.63) is 65.2 Å². The van der Waals surface area contributed by atoms with Gasteiger partial charge in [0, 0.05) is 0 Å². The zero-order valence-electron chi connectivity index (χ0n) is 16.2. The van der Waals surface area contributed by atoms with Gasteiger partial charge in [-0.05, 0) is 68.2 Å². The van der Waals surface area contributed by atoms with Gasteiger partial charge < -0.3 is 9.84 Å². The van der Waals surface area contributed by atoms with Crippen molar-refractivity contribution >= 4 is 5.97 Å². The molecule has 3 rings (SSSR count). The van der Waals surface area contributed by atoms with E-state index in [1.807, 2.05) is 31.2 Å². The molecule has 1 N–H and O–H groups in total. The van der Waals surface area contributed by atoms with Crippen molar-refractivity contribution in [1.82, 2.24) is 4.90 Å². The predicted molar refractivity (Wildman–Crippen MR) is 103 cm³/mol. The number of piperidine rings is 1. The number of hydrogen-bond acceptors (Lipinski definition) is 3. The first-order valence-corrected chi connectivity index (χ1v) is 9.66. The summed E-state index contributed by atoms with van der Waals surface area (Å²) < 4.78 is 44.5. The molecule has 0 saturated carbocycles. The zero-order chi connectivity index (χ0) is 21.0. The molecule has 29 heavy (non-hydrogen) atoms. The van der Waals surface area contributed by atoms with Gasteiger partial charge >= 0.3 is 12.1 Å². The number of rotatable bonds is 6. The van der Waals surface area contributed by atoms with Crippen LogP contribution in [-0.4, -0.2) is 35.7 Å². The van der Waals surface area contributed by atoms with Crippen LogP contribution >= 0.6 is 0 Å². The second kappa shape index (κ2) is 8.86. The highest BCUT2D eigenvalue weighted by Gasteiger charge is 2.33. The molecule has 0 amide bonds. The molecule has 0 aliphatic carbocycles. The zero-order valence-corrected chi connectivity index (χ0v) is 16.2. The summed E-state index contributed by atoms with van der Waals surface area (Å²) in [7, 11) is 0. The minimum absolute atomic E-state index is 0.271. The number of alkyl halides is 3. The fourth-order valence-electron chi connectivity index (χ4n) is 3.81. The normalized spacial score (nSPS) is 17.1. The first-order chi connectivity index (χ1) is 13.8. The van der Waals surface area contributed by atoms with Crippen molar-refractivity contribution < 1.29 is 27.8 Å². The number of ether oxygens (including phenoxy) is 1. The lowest BCUT2D eigenvalue weighted by Crippen LogP contribution is -2.39. The second-order valence-corrected chi connectivity index (χ2v) is 7.18. The summed E-state index contributed by atoms with van der Waals surface area (Å²) in [5, 5.41) is 9.26. The Bertz CT molecular complexity index is 828. The maximum atomic E-state index is 13.0. The highest BCUT2D eigenvalue weighted by molar-refractivity contribution is 5.70. The molecule has 1 saturated heterocycles. The van der Waals surface area contributed by atoms with Gasteiger partial charge in [-0.1, -0.05) is 24.3 Å². The number of hydrogen-bond donors (Lipinski definition) is 1. The van der Waals surface area contributed by atoms with Crippen LogP contribution in [0.5, 0.6) is 5.75 Å². The van der Waals surface area contributed by atoms with Crippen molar-refractivity contribution in [3.63, 3.8) is 0 Å². The third-order valence-electron chi connectivity index (χ3n) is 5.28. The van der Waals surface area contributed by atoms with Crippen molar-refractivity contribution in [1.29, 1.82) is 0 Å². The smallest absolute Gasteiger partial charge is 0.416 e. The Kier molecular flexibility index (Phi) is 6.47. The van der Waals surface area contributed by atoms with E-state index >= 15 is 0 Å². The van der Waals surface area contributed by atoms with Gasteiger partial charge in [-0.15, -0.1) is 0 Å². The average Bonchev–Trinajstić information content (AvgIpc) is 2.69. The Morgan fingerprint density at radius 2 is 1.79 bits per heavy atom. The van der Waals surface area contributed by atoms with Crippen LogP contribution in [-0.2, 0) is 11.0 Å². The van der Waals surface area contributed by atoms with Crippen LogP contribution in [0.3, 0.4) is 0 Å². The molecular weight excluding hydrogens is 383 g/mol. The lowest BCUT2D eigenvalue weighted by Gasteiger charge is -2.37. The van der Waals surface area contributed by atoms with Crippen LogP contribution < -0.4 is 4.74 Å². The van der Waals surface area contributed by atoms with Crippen LogP contribution in [0.4, 0.5) is 13.2 Å². The average molecular weight is 407 g/mol. The summed E-state index contributed by atoms with van der Waals surface area (Å²) in [6, 6.07) is 12.5. The Labute approximate surface area is 167 Å². The number of benzene rings is 2. The van der Waals surface area contributed by atoms with Gasteiger partial charge in [0.05, 0.1) is 24.1 Å². The fourth-order valence-corrected chi connectivity index (χ4v) is 3.81. The fraction of sp³-hybridized carbons (Fsp3) is 0.409. The molecule has 0 bridgehead atoms. The standard InChI is InChI=1S/C22H24F3NO3/c1-2-29-19-5-3-4-17(14-19)20(26-12-10-16(11-13-26)21(27)28)15-6-8-18(9-7-15)22(23,24)25/h3-9,14,16,20H,2,10-13H2,1H3,(H,27,28). The van der Waals surface area contributed by atoms with Crippen LogP contribution in [0.15, 0.2) is 48.5 Å². The minimum Gasteiger partial charge on any atom is -0.494 e. The monoisotopic (exact) mass is 407 g/mol. The van der Waals surface area contributed by atoms with Crippen LogP contribution in [0.25, 0.3) is 0 Å². The number of carboxylic acid groups (broad SMARTS) is 1. The molecule has 1 fully saturated rings.